The van der Waals surface area contributed by atoms with Crippen molar-refractivity contribution in [3.8, 4) is 11.4 Å². The summed E-state index contributed by atoms with van der Waals surface area (Å²) in [6.07, 6.45) is 5.34. The molecule has 2 heterocycles. The van der Waals surface area contributed by atoms with Gasteiger partial charge in [-0.2, -0.15) is 0 Å². The molecule has 37 heavy (non-hydrogen) atoms. The standard InChI is InChI=1S/C35H28N2/c1-2-14-26(15-3-1)36-30-19-8-6-17-28(30)34-32(36)21-22-33-35(34)29-18-7-9-20-31(29)37(33)27-16-10-13-25(23-27)24-11-4-5-12-24/h1-3,6-10,13-24H,4-5,11-12H2. The Labute approximate surface area is 216 Å². The Bertz CT molecular complexity index is 1930. The Morgan fingerprint density at radius 3 is 1.65 bits per heavy atom. The molecular weight excluding hydrogens is 448 g/mol. The first-order valence-corrected chi connectivity index (χ1v) is 13.5. The van der Waals surface area contributed by atoms with E-state index in [0.717, 1.165) is 0 Å². The van der Waals surface area contributed by atoms with Crippen molar-refractivity contribution in [2.24, 2.45) is 0 Å². The minimum Gasteiger partial charge on any atom is -0.309 e. The highest BCUT2D eigenvalue weighted by molar-refractivity contribution is 6.28. The second-order valence-electron chi connectivity index (χ2n) is 10.5. The number of aromatic nitrogens is 2. The Hall–Kier alpha value is -4.30. The van der Waals surface area contributed by atoms with Crippen LogP contribution in [0.5, 0.6) is 0 Å². The van der Waals surface area contributed by atoms with Gasteiger partial charge in [0.25, 0.3) is 0 Å². The first kappa shape index (κ1) is 20.8. The van der Waals surface area contributed by atoms with E-state index in [9.17, 15) is 0 Å². The van der Waals surface area contributed by atoms with Crippen LogP contribution in [-0.4, -0.2) is 9.13 Å². The fourth-order valence-electron chi connectivity index (χ4n) is 6.83. The molecule has 1 fully saturated rings. The summed E-state index contributed by atoms with van der Waals surface area (Å²) in [5.74, 6) is 0.698. The van der Waals surface area contributed by atoms with Gasteiger partial charge in [0.1, 0.15) is 0 Å². The minimum absolute atomic E-state index is 0.698. The number of para-hydroxylation sites is 3. The lowest BCUT2D eigenvalue weighted by atomic mass is 9.97. The molecule has 0 N–H and O–H groups in total. The van der Waals surface area contributed by atoms with Gasteiger partial charge < -0.3 is 9.13 Å². The van der Waals surface area contributed by atoms with Crippen molar-refractivity contribution in [2.75, 3.05) is 0 Å². The first-order chi connectivity index (χ1) is 18.4. The van der Waals surface area contributed by atoms with Crippen LogP contribution in [0.3, 0.4) is 0 Å². The molecule has 0 spiro atoms. The molecule has 0 amide bonds. The van der Waals surface area contributed by atoms with E-state index in [4.69, 9.17) is 0 Å². The van der Waals surface area contributed by atoms with Crippen LogP contribution in [0.25, 0.3) is 55.0 Å². The van der Waals surface area contributed by atoms with Crippen molar-refractivity contribution in [3.05, 3.63) is 121 Å². The SMILES string of the molecule is c1ccc(-n2c3ccccc3c3c4c5ccccc5n(-c5cccc(C6CCCC6)c5)c4ccc32)cc1. The quantitative estimate of drug-likeness (QED) is 0.240. The molecule has 0 saturated heterocycles. The predicted octanol–water partition coefficient (Wildman–Crippen LogP) is 9.54. The highest BCUT2D eigenvalue weighted by Gasteiger charge is 2.21. The molecule has 0 bridgehead atoms. The molecule has 1 aliphatic rings. The summed E-state index contributed by atoms with van der Waals surface area (Å²) in [4.78, 5) is 0. The van der Waals surface area contributed by atoms with Crippen molar-refractivity contribution in [1.29, 1.82) is 0 Å². The molecule has 5 aromatic carbocycles. The highest BCUT2D eigenvalue weighted by Crippen LogP contribution is 2.42. The van der Waals surface area contributed by atoms with Gasteiger partial charge in [0.05, 0.1) is 22.1 Å². The molecule has 8 rings (SSSR count). The fraction of sp³-hybridized carbons (Fsp3) is 0.143. The van der Waals surface area contributed by atoms with Crippen LogP contribution in [0.1, 0.15) is 37.2 Å². The second-order valence-corrected chi connectivity index (χ2v) is 10.5. The Morgan fingerprint density at radius 1 is 0.459 bits per heavy atom. The van der Waals surface area contributed by atoms with Crippen molar-refractivity contribution >= 4 is 43.6 Å². The number of benzene rings is 5. The van der Waals surface area contributed by atoms with Gasteiger partial charge in [-0.3, -0.25) is 0 Å². The molecule has 1 saturated carbocycles. The lowest BCUT2D eigenvalue weighted by molar-refractivity contribution is 0.722. The monoisotopic (exact) mass is 476 g/mol. The average Bonchev–Trinajstić information content (AvgIpc) is 3.68. The van der Waals surface area contributed by atoms with E-state index in [1.807, 2.05) is 0 Å². The van der Waals surface area contributed by atoms with E-state index in [-0.39, 0.29) is 0 Å². The highest BCUT2D eigenvalue weighted by atomic mass is 15.0. The van der Waals surface area contributed by atoms with Gasteiger partial charge in [-0.1, -0.05) is 79.6 Å². The van der Waals surface area contributed by atoms with E-state index in [1.165, 1.54) is 86.2 Å². The fourth-order valence-corrected chi connectivity index (χ4v) is 6.83. The predicted molar refractivity (Wildman–Crippen MR) is 156 cm³/mol. The third-order valence-electron chi connectivity index (χ3n) is 8.44. The van der Waals surface area contributed by atoms with Crippen LogP contribution >= 0.6 is 0 Å². The maximum atomic E-state index is 2.48. The van der Waals surface area contributed by atoms with E-state index in [2.05, 4.69) is 124 Å². The number of rotatable bonds is 3. The normalized spacial score (nSPS) is 14.5. The minimum atomic E-state index is 0.698. The van der Waals surface area contributed by atoms with Gasteiger partial charge in [0.15, 0.2) is 0 Å². The van der Waals surface area contributed by atoms with Gasteiger partial charge in [0.2, 0.25) is 0 Å². The Balaban J connectivity index is 1.50. The third kappa shape index (κ3) is 3.05. The van der Waals surface area contributed by atoms with Crippen LogP contribution in [0, 0.1) is 0 Å². The molecule has 2 heteroatoms. The molecule has 1 aliphatic carbocycles. The van der Waals surface area contributed by atoms with Crippen LogP contribution in [0.4, 0.5) is 0 Å². The van der Waals surface area contributed by atoms with Crippen molar-refractivity contribution in [1.82, 2.24) is 9.13 Å². The van der Waals surface area contributed by atoms with E-state index in [1.54, 1.807) is 0 Å². The molecule has 178 valence electrons. The van der Waals surface area contributed by atoms with Gasteiger partial charge >= 0.3 is 0 Å². The summed E-state index contributed by atoms with van der Waals surface area (Å²) >= 11 is 0. The number of nitrogens with zero attached hydrogens (tertiary/aromatic N) is 2. The van der Waals surface area contributed by atoms with Gasteiger partial charge in [-0.05, 0) is 72.9 Å². The summed E-state index contributed by atoms with van der Waals surface area (Å²) in [7, 11) is 0. The molecule has 0 atom stereocenters. The first-order valence-electron chi connectivity index (χ1n) is 13.5. The molecule has 0 radical (unpaired) electrons. The molecule has 7 aromatic rings. The number of hydrogen-bond donors (Lipinski definition) is 0. The zero-order valence-electron chi connectivity index (χ0n) is 20.8. The second kappa shape index (κ2) is 8.11. The summed E-state index contributed by atoms with van der Waals surface area (Å²) in [6.45, 7) is 0. The largest absolute Gasteiger partial charge is 0.309 e. The third-order valence-corrected chi connectivity index (χ3v) is 8.44. The lowest BCUT2D eigenvalue weighted by Crippen LogP contribution is -1.98. The maximum absolute atomic E-state index is 2.48. The van der Waals surface area contributed by atoms with Crippen LogP contribution < -0.4 is 0 Å². The zero-order chi connectivity index (χ0) is 24.3. The van der Waals surface area contributed by atoms with Crippen LogP contribution in [0.15, 0.2) is 115 Å². The molecule has 2 nitrogen and oxygen atoms in total. The summed E-state index contributed by atoms with van der Waals surface area (Å²) in [5.41, 5.74) is 8.99. The van der Waals surface area contributed by atoms with E-state index >= 15 is 0 Å². The Morgan fingerprint density at radius 2 is 1.00 bits per heavy atom. The number of hydrogen-bond acceptors (Lipinski definition) is 0. The van der Waals surface area contributed by atoms with Crippen LogP contribution in [0.2, 0.25) is 0 Å². The molecule has 2 aromatic heterocycles. The van der Waals surface area contributed by atoms with Gasteiger partial charge in [0, 0.05) is 32.9 Å². The van der Waals surface area contributed by atoms with Crippen LogP contribution in [-0.2, 0) is 0 Å². The van der Waals surface area contributed by atoms with Crippen molar-refractivity contribution in [2.45, 2.75) is 31.6 Å². The van der Waals surface area contributed by atoms with Gasteiger partial charge in [-0.25, -0.2) is 0 Å². The zero-order valence-corrected chi connectivity index (χ0v) is 20.8. The molecular formula is C35H28N2. The Kier molecular flexibility index (Phi) is 4.57. The molecule has 0 unspecified atom stereocenters. The smallest absolute Gasteiger partial charge is 0.0548 e. The van der Waals surface area contributed by atoms with E-state index in [0.29, 0.717) is 5.92 Å². The lowest BCUT2D eigenvalue weighted by Gasteiger charge is -2.14. The van der Waals surface area contributed by atoms with Gasteiger partial charge in [-0.15, -0.1) is 0 Å². The maximum Gasteiger partial charge on any atom is 0.0548 e. The summed E-state index contributed by atoms with van der Waals surface area (Å²) in [5, 5.41) is 5.28. The molecule has 0 aliphatic heterocycles. The summed E-state index contributed by atoms with van der Waals surface area (Å²) < 4.78 is 4.90. The van der Waals surface area contributed by atoms with Crippen molar-refractivity contribution in [3.63, 3.8) is 0 Å². The average molecular weight is 477 g/mol. The summed E-state index contributed by atoms with van der Waals surface area (Å²) in [6, 6.07) is 42.5. The topological polar surface area (TPSA) is 9.86 Å². The number of fused-ring (bicyclic) bond motifs is 7. The van der Waals surface area contributed by atoms with E-state index < -0.39 is 0 Å². The van der Waals surface area contributed by atoms with Crippen molar-refractivity contribution < 1.29 is 0 Å².